The van der Waals surface area contributed by atoms with Gasteiger partial charge in [0.05, 0.1) is 7.11 Å². The molecule has 5 heteroatoms. The summed E-state index contributed by atoms with van der Waals surface area (Å²) in [5, 5.41) is 9.65. The first-order chi connectivity index (χ1) is 11.1. The molecule has 0 aliphatic carbocycles. The van der Waals surface area contributed by atoms with Crippen LogP contribution in [-0.2, 0) is 16.1 Å². The second kappa shape index (κ2) is 8.02. The summed E-state index contributed by atoms with van der Waals surface area (Å²) >= 11 is 6.00. The first kappa shape index (κ1) is 16.6. The summed E-state index contributed by atoms with van der Waals surface area (Å²) in [5.74, 6) is 0.00481. The van der Waals surface area contributed by atoms with E-state index >= 15 is 0 Å². The maximum atomic E-state index is 12.0. The summed E-state index contributed by atoms with van der Waals surface area (Å²) in [7, 11) is 1.57. The molecule has 0 unspecified atom stereocenters. The number of methoxy groups -OCH3 is 1. The summed E-state index contributed by atoms with van der Waals surface area (Å²) in [6, 6.07) is 15.9. The Hall–Kier alpha value is -2.77. The van der Waals surface area contributed by atoms with E-state index in [0.29, 0.717) is 21.9 Å². The van der Waals surface area contributed by atoms with Crippen molar-refractivity contribution in [3.63, 3.8) is 0 Å². The van der Waals surface area contributed by atoms with Gasteiger partial charge < -0.3 is 9.47 Å². The zero-order valence-electron chi connectivity index (χ0n) is 12.5. The van der Waals surface area contributed by atoms with E-state index in [1.165, 1.54) is 6.08 Å². The van der Waals surface area contributed by atoms with Crippen LogP contribution in [-0.4, -0.2) is 13.1 Å². The maximum absolute atomic E-state index is 12.0. The summed E-state index contributed by atoms with van der Waals surface area (Å²) < 4.78 is 10.2. The van der Waals surface area contributed by atoms with Gasteiger partial charge in [-0.1, -0.05) is 41.9 Å². The lowest BCUT2D eigenvalue weighted by Gasteiger charge is -2.06. The average molecular weight is 328 g/mol. The van der Waals surface area contributed by atoms with Crippen LogP contribution in [0.1, 0.15) is 11.1 Å². The van der Waals surface area contributed by atoms with E-state index in [1.807, 2.05) is 6.07 Å². The Bertz CT molecular complexity index is 761. The van der Waals surface area contributed by atoms with Crippen molar-refractivity contribution in [2.45, 2.75) is 6.61 Å². The Kier molecular flexibility index (Phi) is 5.79. The predicted molar refractivity (Wildman–Crippen MR) is 87.8 cm³/mol. The van der Waals surface area contributed by atoms with Crippen molar-refractivity contribution < 1.29 is 14.3 Å². The predicted octanol–water partition coefficient (Wildman–Crippen LogP) is 4.00. The average Bonchev–Trinajstić information content (AvgIpc) is 2.59. The van der Waals surface area contributed by atoms with Crippen molar-refractivity contribution in [1.29, 1.82) is 5.26 Å². The fraction of sp³-hybridized carbons (Fsp3) is 0.111. The van der Waals surface area contributed by atoms with Crippen molar-refractivity contribution in [3.8, 4) is 11.8 Å². The number of ether oxygens (including phenoxy) is 2. The standard InChI is InChI=1S/C18H14ClNO3/c1-22-16-8-6-13(7-9-16)10-15(11-20)18(21)23-12-14-4-2-3-5-17(14)19/h2-10H,12H2,1H3/b15-10+. The fourth-order valence-electron chi connectivity index (χ4n) is 1.84. The Morgan fingerprint density at radius 2 is 1.91 bits per heavy atom. The molecule has 23 heavy (non-hydrogen) atoms. The number of nitrogens with zero attached hydrogens (tertiary/aromatic N) is 1. The zero-order valence-corrected chi connectivity index (χ0v) is 13.2. The van der Waals surface area contributed by atoms with Gasteiger partial charge >= 0.3 is 5.97 Å². The SMILES string of the molecule is COc1ccc(/C=C(\C#N)C(=O)OCc2ccccc2Cl)cc1. The molecule has 2 aromatic rings. The van der Waals surface area contributed by atoms with Gasteiger partial charge in [-0.25, -0.2) is 4.79 Å². The highest BCUT2D eigenvalue weighted by molar-refractivity contribution is 6.31. The molecule has 2 aromatic carbocycles. The van der Waals surface area contributed by atoms with Gasteiger partial charge in [-0.05, 0) is 29.8 Å². The van der Waals surface area contributed by atoms with Gasteiger partial charge in [0, 0.05) is 10.6 Å². The summed E-state index contributed by atoms with van der Waals surface area (Å²) in [5.41, 5.74) is 1.31. The highest BCUT2D eigenvalue weighted by atomic mass is 35.5. The molecule has 0 saturated carbocycles. The van der Waals surface area contributed by atoms with Crippen LogP contribution in [0.2, 0.25) is 5.02 Å². The van der Waals surface area contributed by atoms with Gasteiger partial charge in [0.2, 0.25) is 0 Å². The lowest BCUT2D eigenvalue weighted by atomic mass is 10.1. The van der Waals surface area contributed by atoms with Gasteiger partial charge in [0.1, 0.15) is 24.0 Å². The minimum Gasteiger partial charge on any atom is -0.497 e. The molecule has 0 aliphatic heterocycles. The van der Waals surface area contributed by atoms with E-state index in [-0.39, 0.29) is 12.2 Å². The highest BCUT2D eigenvalue weighted by Crippen LogP contribution is 2.17. The second-order valence-corrected chi connectivity index (χ2v) is 5.02. The molecular weight excluding hydrogens is 314 g/mol. The topological polar surface area (TPSA) is 59.3 Å². The van der Waals surface area contributed by atoms with Gasteiger partial charge in [-0.2, -0.15) is 5.26 Å². The fourth-order valence-corrected chi connectivity index (χ4v) is 2.03. The summed E-state index contributed by atoms with van der Waals surface area (Å²) in [6.45, 7) is 0.0140. The molecule has 0 fully saturated rings. The van der Waals surface area contributed by atoms with E-state index in [9.17, 15) is 4.79 Å². The number of rotatable bonds is 5. The number of hydrogen-bond donors (Lipinski definition) is 0. The molecule has 4 nitrogen and oxygen atoms in total. The smallest absolute Gasteiger partial charge is 0.349 e. The molecule has 0 bridgehead atoms. The third-order valence-electron chi connectivity index (χ3n) is 3.08. The van der Waals surface area contributed by atoms with Crippen LogP contribution >= 0.6 is 11.6 Å². The van der Waals surface area contributed by atoms with Crippen molar-refractivity contribution >= 4 is 23.6 Å². The van der Waals surface area contributed by atoms with Crippen LogP contribution in [0.25, 0.3) is 6.08 Å². The molecule has 0 amide bonds. The second-order valence-electron chi connectivity index (χ2n) is 4.61. The molecule has 0 aromatic heterocycles. The van der Waals surface area contributed by atoms with E-state index < -0.39 is 5.97 Å². The van der Waals surface area contributed by atoms with Crippen LogP contribution < -0.4 is 4.74 Å². The van der Waals surface area contributed by atoms with Crippen molar-refractivity contribution in [3.05, 3.63) is 70.3 Å². The zero-order chi connectivity index (χ0) is 16.7. The number of carbonyl (C=O) groups excluding carboxylic acids is 1. The molecule has 0 spiro atoms. The lowest BCUT2D eigenvalue weighted by Crippen LogP contribution is -2.07. The molecular formula is C18H14ClNO3. The molecule has 0 saturated heterocycles. The van der Waals surface area contributed by atoms with Gasteiger partial charge in [0.25, 0.3) is 0 Å². The number of hydrogen-bond acceptors (Lipinski definition) is 4. The molecule has 0 heterocycles. The van der Waals surface area contributed by atoms with Crippen LogP contribution in [0.4, 0.5) is 0 Å². The highest BCUT2D eigenvalue weighted by Gasteiger charge is 2.12. The lowest BCUT2D eigenvalue weighted by molar-refractivity contribution is -0.139. The third kappa shape index (κ3) is 4.60. The maximum Gasteiger partial charge on any atom is 0.349 e. The number of halogens is 1. The molecule has 0 N–H and O–H groups in total. The Balaban J connectivity index is 2.07. The Morgan fingerprint density at radius 1 is 1.22 bits per heavy atom. The molecule has 0 atom stereocenters. The number of benzene rings is 2. The summed E-state index contributed by atoms with van der Waals surface area (Å²) in [4.78, 5) is 12.0. The number of esters is 1. The minimum atomic E-state index is -0.691. The van der Waals surface area contributed by atoms with Crippen LogP contribution in [0.15, 0.2) is 54.1 Å². The first-order valence-electron chi connectivity index (χ1n) is 6.80. The molecule has 116 valence electrons. The van der Waals surface area contributed by atoms with Gasteiger partial charge in [-0.3, -0.25) is 0 Å². The number of carbonyl (C=O) groups is 1. The normalized spacial score (nSPS) is 10.7. The van der Waals surface area contributed by atoms with E-state index in [2.05, 4.69) is 0 Å². The third-order valence-corrected chi connectivity index (χ3v) is 3.45. The Labute approximate surface area is 139 Å². The van der Waals surface area contributed by atoms with Crippen molar-refractivity contribution in [1.82, 2.24) is 0 Å². The molecule has 2 rings (SSSR count). The minimum absolute atomic E-state index is 0.0140. The van der Waals surface area contributed by atoms with Crippen molar-refractivity contribution in [2.75, 3.05) is 7.11 Å². The quantitative estimate of drug-likeness (QED) is 0.473. The van der Waals surface area contributed by atoms with Crippen LogP contribution in [0.5, 0.6) is 5.75 Å². The van der Waals surface area contributed by atoms with E-state index in [4.69, 9.17) is 26.3 Å². The monoisotopic (exact) mass is 327 g/mol. The largest absolute Gasteiger partial charge is 0.497 e. The molecule has 0 radical (unpaired) electrons. The Morgan fingerprint density at radius 3 is 2.52 bits per heavy atom. The van der Waals surface area contributed by atoms with Crippen molar-refractivity contribution in [2.24, 2.45) is 0 Å². The van der Waals surface area contributed by atoms with Crippen LogP contribution in [0.3, 0.4) is 0 Å². The van der Waals surface area contributed by atoms with Crippen LogP contribution in [0, 0.1) is 11.3 Å². The number of nitriles is 1. The molecule has 0 aliphatic rings. The first-order valence-corrected chi connectivity index (χ1v) is 7.18. The van der Waals surface area contributed by atoms with Gasteiger partial charge in [-0.15, -0.1) is 0 Å². The van der Waals surface area contributed by atoms with E-state index in [1.54, 1.807) is 55.6 Å². The summed E-state index contributed by atoms with van der Waals surface area (Å²) in [6.07, 6.45) is 1.47. The van der Waals surface area contributed by atoms with Gasteiger partial charge in [0.15, 0.2) is 0 Å². The van der Waals surface area contributed by atoms with E-state index in [0.717, 1.165) is 0 Å².